The predicted molar refractivity (Wildman–Crippen MR) is 63.9 cm³/mol. The van der Waals surface area contributed by atoms with Gasteiger partial charge >= 0.3 is 0 Å². The smallest absolute Gasteiger partial charge is 0.150 e. The van der Waals surface area contributed by atoms with Gasteiger partial charge < -0.3 is 5.11 Å². The molecule has 0 bridgehead atoms. The fourth-order valence-electron chi connectivity index (χ4n) is 2.66. The molecule has 0 spiro atoms. The Labute approximate surface area is 96.3 Å². The molecule has 16 heavy (non-hydrogen) atoms. The summed E-state index contributed by atoms with van der Waals surface area (Å²) in [6.07, 6.45) is 1.33. The number of fused-ring (bicyclic) bond motifs is 1. The minimum Gasteiger partial charge on any atom is -0.392 e. The number of aliphatic hydroxyl groups is 1. The fourth-order valence-corrected chi connectivity index (χ4v) is 2.66. The van der Waals surface area contributed by atoms with Crippen LogP contribution in [0.5, 0.6) is 0 Å². The average molecular weight is 218 g/mol. The summed E-state index contributed by atoms with van der Waals surface area (Å²) in [5.74, 6) is 0.114. The SMILES string of the molecule is CC1c2cc(C=O)ccc2C(C)(C)CC1O. The van der Waals surface area contributed by atoms with E-state index in [1.54, 1.807) is 0 Å². The van der Waals surface area contributed by atoms with Crippen molar-refractivity contribution in [3.63, 3.8) is 0 Å². The van der Waals surface area contributed by atoms with Crippen LogP contribution in [0.3, 0.4) is 0 Å². The van der Waals surface area contributed by atoms with Crippen LogP contribution in [0.1, 0.15) is 54.6 Å². The minimum atomic E-state index is -0.315. The molecule has 86 valence electrons. The van der Waals surface area contributed by atoms with E-state index < -0.39 is 0 Å². The lowest BCUT2D eigenvalue weighted by Gasteiger charge is -2.39. The third-order valence-corrected chi connectivity index (χ3v) is 3.73. The second-order valence-corrected chi connectivity index (χ2v) is 5.41. The molecule has 0 aromatic heterocycles. The summed E-state index contributed by atoms with van der Waals surface area (Å²) in [6, 6.07) is 5.80. The quantitative estimate of drug-likeness (QED) is 0.736. The first kappa shape index (κ1) is 11.3. The summed E-state index contributed by atoms with van der Waals surface area (Å²) in [5, 5.41) is 10.0. The molecule has 2 rings (SSSR count). The number of rotatable bonds is 1. The maximum absolute atomic E-state index is 10.8. The van der Waals surface area contributed by atoms with Gasteiger partial charge in [0.1, 0.15) is 6.29 Å². The van der Waals surface area contributed by atoms with Crippen LogP contribution >= 0.6 is 0 Å². The van der Waals surface area contributed by atoms with Gasteiger partial charge in [-0.25, -0.2) is 0 Å². The van der Waals surface area contributed by atoms with Gasteiger partial charge in [-0.1, -0.05) is 32.9 Å². The molecule has 0 saturated carbocycles. The summed E-state index contributed by atoms with van der Waals surface area (Å²) in [6.45, 7) is 6.30. The molecule has 1 aliphatic rings. The summed E-state index contributed by atoms with van der Waals surface area (Å²) >= 11 is 0. The summed E-state index contributed by atoms with van der Waals surface area (Å²) in [5.41, 5.74) is 3.06. The number of aldehydes is 1. The van der Waals surface area contributed by atoms with Gasteiger partial charge in [-0.15, -0.1) is 0 Å². The van der Waals surface area contributed by atoms with Gasteiger partial charge in [0.2, 0.25) is 0 Å². The summed E-state index contributed by atoms with van der Waals surface area (Å²) in [4.78, 5) is 10.8. The maximum atomic E-state index is 10.8. The normalized spacial score (nSPS) is 27.2. The zero-order chi connectivity index (χ0) is 11.9. The van der Waals surface area contributed by atoms with Crippen LogP contribution in [0.4, 0.5) is 0 Å². The highest BCUT2D eigenvalue weighted by Gasteiger charge is 2.36. The number of benzene rings is 1. The summed E-state index contributed by atoms with van der Waals surface area (Å²) in [7, 11) is 0. The van der Waals surface area contributed by atoms with E-state index in [0.29, 0.717) is 5.56 Å². The zero-order valence-corrected chi connectivity index (χ0v) is 10.0. The van der Waals surface area contributed by atoms with Crippen molar-refractivity contribution in [2.24, 2.45) is 0 Å². The van der Waals surface area contributed by atoms with E-state index in [4.69, 9.17) is 0 Å². The van der Waals surface area contributed by atoms with Crippen LogP contribution < -0.4 is 0 Å². The van der Waals surface area contributed by atoms with Crippen molar-refractivity contribution in [3.05, 3.63) is 34.9 Å². The number of carbonyl (C=O) groups is 1. The summed E-state index contributed by atoms with van der Waals surface area (Å²) < 4.78 is 0. The molecule has 0 radical (unpaired) electrons. The van der Waals surface area contributed by atoms with E-state index in [-0.39, 0.29) is 17.4 Å². The Morgan fingerprint density at radius 3 is 2.75 bits per heavy atom. The van der Waals surface area contributed by atoms with Crippen molar-refractivity contribution in [1.82, 2.24) is 0 Å². The molecule has 2 heteroatoms. The van der Waals surface area contributed by atoms with Crippen LogP contribution in [0.2, 0.25) is 0 Å². The Balaban J connectivity index is 2.59. The van der Waals surface area contributed by atoms with E-state index in [0.717, 1.165) is 18.3 Å². The Hall–Kier alpha value is -1.15. The Morgan fingerprint density at radius 1 is 1.44 bits per heavy atom. The molecular weight excluding hydrogens is 200 g/mol. The first-order valence-electron chi connectivity index (χ1n) is 5.73. The van der Waals surface area contributed by atoms with Crippen LogP contribution in [0, 0.1) is 0 Å². The highest BCUT2D eigenvalue weighted by molar-refractivity contribution is 5.75. The second kappa shape index (κ2) is 3.70. The van der Waals surface area contributed by atoms with Crippen LogP contribution in [-0.4, -0.2) is 17.5 Å². The largest absolute Gasteiger partial charge is 0.392 e. The van der Waals surface area contributed by atoms with Crippen molar-refractivity contribution in [2.45, 2.75) is 44.6 Å². The molecule has 2 atom stereocenters. The van der Waals surface area contributed by atoms with Gasteiger partial charge in [-0.2, -0.15) is 0 Å². The molecule has 0 fully saturated rings. The molecule has 1 N–H and O–H groups in total. The zero-order valence-electron chi connectivity index (χ0n) is 10.0. The van der Waals surface area contributed by atoms with Crippen LogP contribution in [0.25, 0.3) is 0 Å². The molecule has 2 nitrogen and oxygen atoms in total. The van der Waals surface area contributed by atoms with Gasteiger partial charge in [0.25, 0.3) is 0 Å². The molecule has 0 aliphatic heterocycles. The third-order valence-electron chi connectivity index (χ3n) is 3.73. The van der Waals surface area contributed by atoms with E-state index in [9.17, 15) is 9.90 Å². The molecule has 0 amide bonds. The molecule has 1 aromatic carbocycles. The first-order chi connectivity index (χ1) is 7.45. The number of aliphatic hydroxyl groups excluding tert-OH is 1. The Morgan fingerprint density at radius 2 is 2.12 bits per heavy atom. The van der Waals surface area contributed by atoms with Gasteiger partial charge in [0.05, 0.1) is 6.10 Å². The van der Waals surface area contributed by atoms with Crippen LogP contribution in [-0.2, 0) is 5.41 Å². The van der Waals surface area contributed by atoms with Gasteiger partial charge in [-0.05, 0) is 29.0 Å². The minimum absolute atomic E-state index is 0.0112. The topological polar surface area (TPSA) is 37.3 Å². The molecule has 1 aromatic rings. The molecule has 1 aliphatic carbocycles. The molecule has 0 heterocycles. The van der Waals surface area contributed by atoms with Crippen molar-refractivity contribution in [2.75, 3.05) is 0 Å². The van der Waals surface area contributed by atoms with Crippen molar-refractivity contribution in [3.8, 4) is 0 Å². The third kappa shape index (κ3) is 1.67. The van der Waals surface area contributed by atoms with Crippen LogP contribution in [0.15, 0.2) is 18.2 Å². The van der Waals surface area contributed by atoms with E-state index >= 15 is 0 Å². The van der Waals surface area contributed by atoms with Crippen molar-refractivity contribution in [1.29, 1.82) is 0 Å². The number of carbonyl (C=O) groups excluding carboxylic acids is 1. The second-order valence-electron chi connectivity index (χ2n) is 5.41. The Bertz CT molecular complexity index is 421. The van der Waals surface area contributed by atoms with E-state index in [2.05, 4.69) is 13.8 Å². The Kier molecular flexibility index (Phi) is 2.62. The lowest BCUT2D eigenvalue weighted by molar-refractivity contribution is 0.103. The fraction of sp³-hybridized carbons (Fsp3) is 0.500. The monoisotopic (exact) mass is 218 g/mol. The van der Waals surface area contributed by atoms with Gasteiger partial charge in [0, 0.05) is 11.5 Å². The van der Waals surface area contributed by atoms with Gasteiger partial charge in [0.15, 0.2) is 0 Å². The standard InChI is InChI=1S/C14H18O2/c1-9-11-6-10(8-15)4-5-12(11)14(2,3)7-13(9)16/h4-6,8-9,13,16H,7H2,1-3H3. The number of hydrogen-bond donors (Lipinski definition) is 1. The average Bonchev–Trinajstić information content (AvgIpc) is 2.25. The van der Waals surface area contributed by atoms with Gasteiger partial charge in [-0.3, -0.25) is 4.79 Å². The lowest BCUT2D eigenvalue weighted by atomic mass is 9.67. The number of hydrogen-bond acceptors (Lipinski definition) is 2. The highest BCUT2D eigenvalue weighted by Crippen LogP contribution is 2.42. The maximum Gasteiger partial charge on any atom is 0.150 e. The first-order valence-corrected chi connectivity index (χ1v) is 5.73. The lowest BCUT2D eigenvalue weighted by Crippen LogP contribution is -2.35. The van der Waals surface area contributed by atoms with E-state index in [1.165, 1.54) is 5.56 Å². The van der Waals surface area contributed by atoms with Crippen molar-refractivity contribution < 1.29 is 9.90 Å². The molecular formula is C14H18O2. The van der Waals surface area contributed by atoms with Crippen molar-refractivity contribution >= 4 is 6.29 Å². The molecule has 0 saturated heterocycles. The molecule has 2 unspecified atom stereocenters. The highest BCUT2D eigenvalue weighted by atomic mass is 16.3. The predicted octanol–water partition coefficient (Wildman–Crippen LogP) is 2.64. The van der Waals surface area contributed by atoms with E-state index in [1.807, 2.05) is 25.1 Å².